The van der Waals surface area contributed by atoms with Crippen LogP contribution >= 0.6 is 50.1 Å². The van der Waals surface area contributed by atoms with E-state index < -0.39 is 5.97 Å². The first kappa shape index (κ1) is 22.8. The summed E-state index contributed by atoms with van der Waals surface area (Å²) >= 11 is 11.6. The minimum Gasteiger partial charge on any atom is -0.493 e. The Balaban J connectivity index is 1.59. The van der Waals surface area contributed by atoms with Crippen LogP contribution in [0.3, 0.4) is 0 Å². The maximum atomic E-state index is 12.4. The minimum atomic E-state index is -0.504. The second-order valence-corrected chi connectivity index (χ2v) is 9.31. The van der Waals surface area contributed by atoms with Gasteiger partial charge in [0.2, 0.25) is 5.90 Å². The molecule has 0 aromatic heterocycles. The lowest BCUT2D eigenvalue weighted by atomic mass is 10.1. The second-order valence-electron chi connectivity index (χ2n) is 6.80. The predicted octanol–water partition coefficient (Wildman–Crippen LogP) is 6.64. The van der Waals surface area contributed by atoms with Crippen LogP contribution in [-0.2, 0) is 16.1 Å². The largest absolute Gasteiger partial charge is 0.493 e. The highest BCUT2D eigenvalue weighted by Crippen LogP contribution is 2.35. The summed E-state index contributed by atoms with van der Waals surface area (Å²) in [6.07, 6.45) is 1.67. The Bertz CT molecular complexity index is 1260. The van der Waals surface area contributed by atoms with E-state index in [0.717, 1.165) is 19.2 Å². The fraction of sp³-hybridized carbons (Fsp3) is 0.0833. The number of carbonyl (C=O) groups is 1. The number of hydrogen-bond acceptors (Lipinski definition) is 5. The first-order valence-corrected chi connectivity index (χ1v) is 11.7. The number of cyclic esters (lactones) is 1. The lowest BCUT2D eigenvalue weighted by Crippen LogP contribution is -2.05. The molecule has 0 atom stereocenters. The first-order chi connectivity index (χ1) is 15.4. The standard InChI is InChI=1S/C24H16BrClINO4/c1-30-21-11-15(9-19(27)22(21)31-13-14-4-2-7-18(26)8-14)10-20-24(29)32-23(28-20)16-5-3-6-17(25)12-16/h2-12H,13H2,1H3/b20-10-. The smallest absolute Gasteiger partial charge is 0.363 e. The van der Waals surface area contributed by atoms with Crippen molar-refractivity contribution in [3.05, 3.63) is 96.1 Å². The van der Waals surface area contributed by atoms with Crippen LogP contribution in [-0.4, -0.2) is 19.0 Å². The van der Waals surface area contributed by atoms with Crippen LogP contribution in [0.15, 0.2) is 75.8 Å². The number of benzene rings is 3. The average Bonchev–Trinajstić information content (AvgIpc) is 3.13. The molecule has 0 saturated heterocycles. The fourth-order valence-corrected chi connectivity index (χ4v) is 4.45. The van der Waals surface area contributed by atoms with Crippen molar-refractivity contribution in [1.29, 1.82) is 0 Å². The molecule has 1 aliphatic rings. The van der Waals surface area contributed by atoms with Gasteiger partial charge in [0.25, 0.3) is 0 Å². The molecule has 0 amide bonds. The number of rotatable bonds is 6. The van der Waals surface area contributed by atoms with Crippen molar-refractivity contribution in [1.82, 2.24) is 0 Å². The van der Waals surface area contributed by atoms with E-state index >= 15 is 0 Å². The molecule has 0 spiro atoms. The Kier molecular flexibility index (Phi) is 7.17. The predicted molar refractivity (Wildman–Crippen MR) is 136 cm³/mol. The van der Waals surface area contributed by atoms with E-state index in [1.54, 1.807) is 19.3 Å². The Morgan fingerprint density at radius 3 is 2.72 bits per heavy atom. The first-order valence-electron chi connectivity index (χ1n) is 9.46. The third-order valence-corrected chi connectivity index (χ3v) is 6.05. The zero-order valence-electron chi connectivity index (χ0n) is 16.8. The van der Waals surface area contributed by atoms with E-state index in [1.165, 1.54) is 0 Å². The van der Waals surface area contributed by atoms with Gasteiger partial charge in [0, 0.05) is 15.1 Å². The molecule has 4 rings (SSSR count). The third-order valence-electron chi connectivity index (χ3n) is 4.52. The average molecular weight is 625 g/mol. The van der Waals surface area contributed by atoms with E-state index in [1.807, 2.05) is 54.6 Å². The number of nitrogens with zero attached hydrogens (tertiary/aromatic N) is 1. The zero-order chi connectivity index (χ0) is 22.7. The Morgan fingerprint density at radius 2 is 1.97 bits per heavy atom. The van der Waals surface area contributed by atoms with Gasteiger partial charge in [0.15, 0.2) is 17.2 Å². The van der Waals surface area contributed by atoms with Crippen molar-refractivity contribution < 1.29 is 19.0 Å². The number of hydrogen-bond donors (Lipinski definition) is 0. The molecule has 0 saturated carbocycles. The second kappa shape index (κ2) is 10.1. The van der Waals surface area contributed by atoms with Gasteiger partial charge in [-0.3, -0.25) is 0 Å². The molecule has 3 aromatic rings. The molecule has 0 fully saturated rings. The summed E-state index contributed by atoms with van der Waals surface area (Å²) in [5, 5.41) is 0.654. The number of esters is 1. The van der Waals surface area contributed by atoms with E-state index in [9.17, 15) is 4.79 Å². The van der Waals surface area contributed by atoms with Gasteiger partial charge in [0.1, 0.15) is 6.61 Å². The fourth-order valence-electron chi connectivity index (χ4n) is 3.06. The van der Waals surface area contributed by atoms with Gasteiger partial charge in [-0.05, 0) is 82.3 Å². The highest BCUT2D eigenvalue weighted by atomic mass is 127. The number of aliphatic imine (C=N–C) groups is 1. The summed E-state index contributed by atoms with van der Waals surface area (Å²) in [6, 6.07) is 18.6. The highest BCUT2D eigenvalue weighted by Gasteiger charge is 2.24. The molecule has 5 nitrogen and oxygen atoms in total. The van der Waals surface area contributed by atoms with Gasteiger partial charge in [-0.25, -0.2) is 9.79 Å². The van der Waals surface area contributed by atoms with Crippen LogP contribution in [0.1, 0.15) is 16.7 Å². The van der Waals surface area contributed by atoms with Crippen molar-refractivity contribution in [2.45, 2.75) is 6.61 Å². The van der Waals surface area contributed by atoms with Crippen molar-refractivity contribution in [3.63, 3.8) is 0 Å². The van der Waals surface area contributed by atoms with Crippen LogP contribution in [0.25, 0.3) is 6.08 Å². The number of halogens is 3. The third kappa shape index (κ3) is 5.33. The quantitative estimate of drug-likeness (QED) is 0.175. The summed E-state index contributed by atoms with van der Waals surface area (Å²) < 4.78 is 18.6. The van der Waals surface area contributed by atoms with Crippen LogP contribution in [0, 0.1) is 3.57 Å². The molecule has 0 radical (unpaired) electrons. The summed E-state index contributed by atoms with van der Waals surface area (Å²) in [6.45, 7) is 0.347. The lowest BCUT2D eigenvalue weighted by molar-refractivity contribution is -0.129. The molecule has 0 unspecified atom stereocenters. The van der Waals surface area contributed by atoms with Gasteiger partial charge in [-0.1, -0.05) is 45.7 Å². The van der Waals surface area contributed by atoms with Gasteiger partial charge in [0.05, 0.1) is 10.7 Å². The molecule has 8 heteroatoms. The van der Waals surface area contributed by atoms with Crippen LogP contribution < -0.4 is 9.47 Å². The van der Waals surface area contributed by atoms with Crippen LogP contribution in [0.2, 0.25) is 5.02 Å². The Labute approximate surface area is 212 Å². The van der Waals surface area contributed by atoms with Crippen molar-refractivity contribution in [2.24, 2.45) is 4.99 Å². The van der Waals surface area contributed by atoms with E-state index in [-0.39, 0.29) is 11.6 Å². The molecular weight excluding hydrogens is 609 g/mol. The van der Waals surface area contributed by atoms with Crippen molar-refractivity contribution >= 4 is 68.1 Å². The molecule has 0 N–H and O–H groups in total. The molecule has 3 aromatic carbocycles. The normalized spacial score (nSPS) is 14.3. The number of ether oxygens (including phenoxy) is 3. The number of methoxy groups -OCH3 is 1. The molecule has 0 aliphatic carbocycles. The molecular formula is C24H16BrClINO4. The molecule has 1 heterocycles. The molecule has 1 aliphatic heterocycles. The molecule has 162 valence electrons. The summed E-state index contributed by atoms with van der Waals surface area (Å²) in [4.78, 5) is 16.7. The zero-order valence-corrected chi connectivity index (χ0v) is 21.3. The van der Waals surface area contributed by atoms with E-state index in [4.69, 9.17) is 25.8 Å². The van der Waals surface area contributed by atoms with Crippen LogP contribution in [0.5, 0.6) is 11.5 Å². The van der Waals surface area contributed by atoms with Gasteiger partial charge in [-0.2, -0.15) is 0 Å². The molecule has 32 heavy (non-hydrogen) atoms. The van der Waals surface area contributed by atoms with Crippen molar-refractivity contribution in [2.75, 3.05) is 7.11 Å². The Hall–Kier alpha value is -2.36. The maximum absolute atomic E-state index is 12.4. The van der Waals surface area contributed by atoms with Gasteiger partial charge < -0.3 is 14.2 Å². The summed E-state index contributed by atoms with van der Waals surface area (Å²) in [5.41, 5.74) is 2.62. The minimum absolute atomic E-state index is 0.213. The van der Waals surface area contributed by atoms with Crippen molar-refractivity contribution in [3.8, 4) is 11.5 Å². The maximum Gasteiger partial charge on any atom is 0.363 e. The summed E-state index contributed by atoms with van der Waals surface area (Å²) in [5.74, 6) is 0.928. The summed E-state index contributed by atoms with van der Waals surface area (Å²) in [7, 11) is 1.57. The Morgan fingerprint density at radius 1 is 1.16 bits per heavy atom. The van der Waals surface area contributed by atoms with Gasteiger partial charge >= 0.3 is 5.97 Å². The van der Waals surface area contributed by atoms with Gasteiger partial charge in [-0.15, -0.1) is 0 Å². The number of carbonyl (C=O) groups excluding carboxylic acids is 1. The monoisotopic (exact) mass is 623 g/mol. The lowest BCUT2D eigenvalue weighted by Gasteiger charge is -2.14. The SMILES string of the molecule is COc1cc(/C=C2\N=C(c3cccc(Br)c3)OC2=O)cc(I)c1OCc1cccc(Cl)c1. The van der Waals surface area contributed by atoms with E-state index in [2.05, 4.69) is 43.5 Å². The van der Waals surface area contributed by atoms with E-state index in [0.29, 0.717) is 28.7 Å². The molecule has 0 bridgehead atoms. The topological polar surface area (TPSA) is 57.1 Å². The highest BCUT2D eigenvalue weighted by molar-refractivity contribution is 14.1. The van der Waals surface area contributed by atoms with Crippen LogP contribution in [0.4, 0.5) is 0 Å².